The highest BCUT2D eigenvalue weighted by atomic mass is 35.5. The molecule has 1 aromatic heterocycles. The van der Waals surface area contributed by atoms with E-state index in [0.717, 1.165) is 12.1 Å². The van der Waals surface area contributed by atoms with Gasteiger partial charge in [0, 0.05) is 17.3 Å². The van der Waals surface area contributed by atoms with E-state index < -0.39 is 11.7 Å². The molecule has 7 heteroatoms. The van der Waals surface area contributed by atoms with E-state index in [4.69, 9.17) is 22.1 Å². The van der Waals surface area contributed by atoms with E-state index in [1.165, 1.54) is 12.1 Å². The predicted molar refractivity (Wildman–Crippen MR) is 65.2 cm³/mol. The molecule has 0 atom stereocenters. The molecule has 100 valence electrons. The Labute approximate surface area is 111 Å². The van der Waals surface area contributed by atoms with E-state index in [9.17, 15) is 13.2 Å². The molecule has 0 saturated carbocycles. The third-order valence-corrected chi connectivity index (χ3v) is 2.49. The Hall–Kier alpha value is -1.95. The third kappa shape index (κ3) is 3.29. The maximum Gasteiger partial charge on any atom is 0.417 e. The lowest BCUT2D eigenvalue weighted by Crippen LogP contribution is -2.05. The fourth-order valence-corrected chi connectivity index (χ4v) is 1.51. The molecule has 2 N–H and O–H groups in total. The van der Waals surface area contributed by atoms with Crippen LogP contribution in [0.3, 0.4) is 0 Å². The van der Waals surface area contributed by atoms with Crippen molar-refractivity contribution in [1.29, 1.82) is 0 Å². The van der Waals surface area contributed by atoms with Crippen LogP contribution in [0.15, 0.2) is 36.5 Å². The van der Waals surface area contributed by atoms with Gasteiger partial charge in [0.25, 0.3) is 0 Å². The SMILES string of the molecule is Nc1cc(Cl)ccc1Oc1ccc(C(F)(F)F)cn1. The van der Waals surface area contributed by atoms with E-state index in [2.05, 4.69) is 4.98 Å². The first-order chi connectivity index (χ1) is 8.86. The fourth-order valence-electron chi connectivity index (χ4n) is 1.33. The van der Waals surface area contributed by atoms with Gasteiger partial charge in [-0.05, 0) is 24.3 Å². The monoisotopic (exact) mass is 288 g/mol. The van der Waals surface area contributed by atoms with Gasteiger partial charge in [-0.1, -0.05) is 11.6 Å². The smallest absolute Gasteiger partial charge is 0.417 e. The summed E-state index contributed by atoms with van der Waals surface area (Å²) in [6, 6.07) is 6.54. The third-order valence-electron chi connectivity index (χ3n) is 2.25. The molecule has 19 heavy (non-hydrogen) atoms. The number of benzene rings is 1. The minimum atomic E-state index is -4.43. The van der Waals surface area contributed by atoms with Gasteiger partial charge in [-0.25, -0.2) is 4.98 Å². The van der Waals surface area contributed by atoms with E-state index >= 15 is 0 Å². The molecule has 0 amide bonds. The summed E-state index contributed by atoms with van der Waals surface area (Å²) in [6.45, 7) is 0. The largest absolute Gasteiger partial charge is 0.437 e. The van der Waals surface area contributed by atoms with Gasteiger partial charge in [0.2, 0.25) is 5.88 Å². The first-order valence-corrected chi connectivity index (χ1v) is 5.50. The summed E-state index contributed by atoms with van der Waals surface area (Å²) in [5.74, 6) is 0.290. The highest BCUT2D eigenvalue weighted by molar-refractivity contribution is 6.30. The lowest BCUT2D eigenvalue weighted by Gasteiger charge is -2.09. The zero-order valence-electron chi connectivity index (χ0n) is 9.41. The van der Waals surface area contributed by atoms with Crippen LogP contribution < -0.4 is 10.5 Å². The fraction of sp³-hybridized carbons (Fsp3) is 0.0833. The number of nitrogens with two attached hydrogens (primary N) is 1. The molecule has 0 aliphatic heterocycles. The van der Waals surface area contributed by atoms with Crippen molar-refractivity contribution in [2.24, 2.45) is 0 Å². The topological polar surface area (TPSA) is 48.1 Å². The Morgan fingerprint density at radius 3 is 2.42 bits per heavy atom. The number of anilines is 1. The first kappa shape index (κ1) is 13.5. The molecule has 0 unspecified atom stereocenters. The molecule has 0 saturated heterocycles. The Morgan fingerprint density at radius 2 is 1.89 bits per heavy atom. The number of hydrogen-bond donors (Lipinski definition) is 1. The minimum Gasteiger partial charge on any atom is -0.437 e. The maximum atomic E-state index is 12.3. The van der Waals surface area contributed by atoms with Crippen molar-refractivity contribution in [3.8, 4) is 11.6 Å². The number of halogens is 4. The number of nitrogen functional groups attached to an aromatic ring is 1. The highest BCUT2D eigenvalue weighted by Crippen LogP contribution is 2.31. The number of alkyl halides is 3. The van der Waals surface area contributed by atoms with Crippen molar-refractivity contribution < 1.29 is 17.9 Å². The second-order valence-corrected chi connectivity index (χ2v) is 4.10. The van der Waals surface area contributed by atoms with Crippen LogP contribution in [0.1, 0.15) is 5.56 Å². The predicted octanol–water partition coefficient (Wildman–Crippen LogP) is 4.13. The van der Waals surface area contributed by atoms with Crippen LogP contribution in [0.25, 0.3) is 0 Å². The van der Waals surface area contributed by atoms with Gasteiger partial charge in [-0.3, -0.25) is 0 Å². The molecule has 0 spiro atoms. The second-order valence-electron chi connectivity index (χ2n) is 3.67. The van der Waals surface area contributed by atoms with Crippen LogP contribution in [-0.4, -0.2) is 4.98 Å². The van der Waals surface area contributed by atoms with Gasteiger partial charge in [0.1, 0.15) is 0 Å². The van der Waals surface area contributed by atoms with Gasteiger partial charge in [-0.15, -0.1) is 0 Å². The summed E-state index contributed by atoms with van der Waals surface area (Å²) in [4.78, 5) is 3.57. The number of pyridine rings is 1. The lowest BCUT2D eigenvalue weighted by molar-refractivity contribution is -0.137. The molecule has 3 nitrogen and oxygen atoms in total. The van der Waals surface area contributed by atoms with Gasteiger partial charge in [0.15, 0.2) is 5.75 Å². The van der Waals surface area contributed by atoms with Crippen LogP contribution >= 0.6 is 11.6 Å². The van der Waals surface area contributed by atoms with Gasteiger partial charge < -0.3 is 10.5 Å². The molecular weight excluding hydrogens is 281 g/mol. The van der Waals surface area contributed by atoms with Crippen molar-refractivity contribution in [2.75, 3.05) is 5.73 Å². The van der Waals surface area contributed by atoms with Crippen molar-refractivity contribution in [3.05, 3.63) is 47.1 Å². The molecule has 1 aromatic carbocycles. The Morgan fingerprint density at radius 1 is 1.16 bits per heavy atom. The van der Waals surface area contributed by atoms with Crippen molar-refractivity contribution >= 4 is 17.3 Å². The number of hydrogen-bond acceptors (Lipinski definition) is 3. The zero-order valence-corrected chi connectivity index (χ0v) is 10.2. The summed E-state index contributed by atoms with van der Waals surface area (Å²) in [5, 5.41) is 0.435. The van der Waals surface area contributed by atoms with E-state index in [-0.39, 0.29) is 17.3 Å². The second kappa shape index (κ2) is 4.97. The molecule has 2 aromatic rings. The van der Waals surface area contributed by atoms with Gasteiger partial charge in [0.05, 0.1) is 11.3 Å². The van der Waals surface area contributed by atoms with Crippen molar-refractivity contribution in [1.82, 2.24) is 4.98 Å². The van der Waals surface area contributed by atoms with Crippen LogP contribution in [-0.2, 0) is 6.18 Å². The standard InChI is InChI=1S/C12H8ClF3N2O/c13-8-2-3-10(9(17)5-8)19-11-4-1-7(6-18-11)12(14,15)16/h1-6H,17H2. The molecule has 0 aliphatic rings. The van der Waals surface area contributed by atoms with Crippen molar-refractivity contribution in [3.63, 3.8) is 0 Å². The minimum absolute atomic E-state index is 0.0158. The molecular formula is C12H8ClF3N2O. The Kier molecular flexibility index (Phi) is 3.53. The quantitative estimate of drug-likeness (QED) is 0.845. The summed E-state index contributed by atoms with van der Waals surface area (Å²) < 4.78 is 42.3. The van der Waals surface area contributed by atoms with E-state index in [0.29, 0.717) is 11.2 Å². The Bertz CT molecular complexity index is 585. The van der Waals surface area contributed by atoms with Gasteiger partial charge >= 0.3 is 6.18 Å². The van der Waals surface area contributed by atoms with E-state index in [1.54, 1.807) is 6.07 Å². The van der Waals surface area contributed by atoms with Crippen LogP contribution in [0.4, 0.5) is 18.9 Å². The number of rotatable bonds is 2. The van der Waals surface area contributed by atoms with Crippen LogP contribution in [0.2, 0.25) is 5.02 Å². The number of aromatic nitrogens is 1. The lowest BCUT2D eigenvalue weighted by atomic mass is 10.3. The molecule has 0 aliphatic carbocycles. The molecule has 0 radical (unpaired) electrons. The van der Waals surface area contributed by atoms with Crippen molar-refractivity contribution in [2.45, 2.75) is 6.18 Å². The summed E-state index contributed by atoms with van der Waals surface area (Å²) in [5.41, 5.74) is 5.08. The van der Waals surface area contributed by atoms with Gasteiger partial charge in [-0.2, -0.15) is 13.2 Å². The number of ether oxygens (including phenoxy) is 1. The zero-order chi connectivity index (χ0) is 14.0. The maximum absolute atomic E-state index is 12.3. The Balaban J connectivity index is 2.20. The first-order valence-electron chi connectivity index (χ1n) is 5.12. The molecule has 0 fully saturated rings. The molecule has 2 rings (SSSR count). The van der Waals surface area contributed by atoms with Crippen LogP contribution in [0, 0.1) is 0 Å². The molecule has 1 heterocycles. The summed E-state index contributed by atoms with van der Waals surface area (Å²) in [6.07, 6.45) is -3.73. The summed E-state index contributed by atoms with van der Waals surface area (Å²) in [7, 11) is 0. The average Bonchev–Trinajstić information content (AvgIpc) is 2.32. The highest BCUT2D eigenvalue weighted by Gasteiger charge is 2.30. The number of nitrogens with zero attached hydrogens (tertiary/aromatic N) is 1. The average molecular weight is 289 g/mol. The summed E-state index contributed by atoms with van der Waals surface area (Å²) >= 11 is 5.71. The molecule has 0 bridgehead atoms. The normalized spacial score (nSPS) is 11.4. The van der Waals surface area contributed by atoms with E-state index in [1.807, 2.05) is 0 Å². The van der Waals surface area contributed by atoms with Crippen LogP contribution in [0.5, 0.6) is 11.6 Å².